The molecule has 2 aliphatic rings. The Bertz CT molecular complexity index is 1180. The summed E-state index contributed by atoms with van der Waals surface area (Å²) in [7, 11) is 0. The Hall–Kier alpha value is -3.44. The number of aryl methyl sites for hydroxylation is 1. The number of likely N-dealkylation sites (tertiary alicyclic amines) is 1. The third kappa shape index (κ3) is 7.79. The minimum absolute atomic E-state index is 0.0563. The van der Waals surface area contributed by atoms with Crippen LogP contribution in [0.2, 0.25) is 0 Å². The predicted molar refractivity (Wildman–Crippen MR) is 140 cm³/mol. The summed E-state index contributed by atoms with van der Waals surface area (Å²) in [6, 6.07) is 11.7. The summed E-state index contributed by atoms with van der Waals surface area (Å²) in [5, 5.41) is 5.33. The summed E-state index contributed by atoms with van der Waals surface area (Å²) in [4.78, 5) is 43.9. The molecule has 2 heterocycles. The van der Waals surface area contributed by atoms with Gasteiger partial charge in [-0.1, -0.05) is 23.8 Å². The summed E-state index contributed by atoms with van der Waals surface area (Å²) in [5.74, 6) is -1.07. The van der Waals surface area contributed by atoms with E-state index in [1.807, 2.05) is 36.1 Å². The number of nitrogens with zero attached hydrogens (tertiary/aromatic N) is 3. The number of benzene rings is 2. The smallest absolute Gasteiger partial charge is 0.343 e. The molecule has 0 aromatic heterocycles. The van der Waals surface area contributed by atoms with Gasteiger partial charge >= 0.3 is 6.18 Å². The van der Waals surface area contributed by atoms with Gasteiger partial charge in [-0.15, -0.1) is 0 Å². The van der Waals surface area contributed by atoms with Gasteiger partial charge in [-0.25, -0.2) is 0 Å². The highest BCUT2D eigenvalue weighted by atomic mass is 19.4. The van der Waals surface area contributed by atoms with E-state index in [0.717, 1.165) is 69.3 Å². The Morgan fingerprint density at radius 3 is 2.36 bits per heavy atom. The molecule has 11 heteroatoms. The van der Waals surface area contributed by atoms with Gasteiger partial charge in [-0.2, -0.15) is 13.2 Å². The van der Waals surface area contributed by atoms with Crippen molar-refractivity contribution >= 4 is 17.7 Å². The van der Waals surface area contributed by atoms with Crippen LogP contribution in [0, 0.1) is 6.92 Å². The molecule has 2 aliphatic heterocycles. The molecule has 2 N–H and O–H groups in total. The van der Waals surface area contributed by atoms with E-state index < -0.39 is 23.6 Å². The van der Waals surface area contributed by atoms with Crippen molar-refractivity contribution in [2.75, 3.05) is 52.4 Å². The maximum absolute atomic E-state index is 12.9. The number of carbonyl (C=O) groups is 3. The van der Waals surface area contributed by atoms with Crippen LogP contribution in [-0.2, 0) is 11.0 Å². The van der Waals surface area contributed by atoms with E-state index in [2.05, 4.69) is 20.4 Å². The Balaban J connectivity index is 1.18. The molecule has 8 nitrogen and oxygen atoms in total. The van der Waals surface area contributed by atoms with E-state index in [1.165, 1.54) is 6.07 Å². The molecule has 2 aromatic carbocycles. The molecule has 0 bridgehead atoms. The number of amides is 3. The number of hydrogen-bond donors (Lipinski definition) is 2. The Kier molecular flexibility index (Phi) is 9.24. The lowest BCUT2D eigenvalue weighted by atomic mass is 10.1. The van der Waals surface area contributed by atoms with Crippen LogP contribution in [0.5, 0.6) is 0 Å². The fourth-order valence-electron chi connectivity index (χ4n) is 5.00. The normalized spacial score (nSPS) is 18.7. The minimum atomic E-state index is -4.55. The van der Waals surface area contributed by atoms with Gasteiger partial charge in [-0.3, -0.25) is 24.2 Å². The zero-order chi connectivity index (χ0) is 28.0. The number of halogens is 3. The first-order valence-corrected chi connectivity index (χ1v) is 13.2. The zero-order valence-electron chi connectivity index (χ0n) is 22.0. The van der Waals surface area contributed by atoms with Gasteiger partial charge in [0.05, 0.1) is 18.3 Å². The molecular weight excluding hydrogens is 511 g/mol. The van der Waals surface area contributed by atoms with Crippen molar-refractivity contribution < 1.29 is 27.6 Å². The van der Waals surface area contributed by atoms with Crippen LogP contribution in [0.25, 0.3) is 0 Å². The van der Waals surface area contributed by atoms with Crippen LogP contribution in [0.4, 0.5) is 13.2 Å². The van der Waals surface area contributed by atoms with Gasteiger partial charge in [0, 0.05) is 56.9 Å². The average molecular weight is 546 g/mol. The van der Waals surface area contributed by atoms with Gasteiger partial charge in [0.25, 0.3) is 11.8 Å². The molecule has 1 atom stereocenters. The van der Waals surface area contributed by atoms with E-state index in [-0.39, 0.29) is 24.2 Å². The third-order valence-electron chi connectivity index (χ3n) is 7.18. The fraction of sp³-hybridized carbons (Fsp3) is 0.464. The van der Waals surface area contributed by atoms with Gasteiger partial charge in [0.15, 0.2) is 0 Å². The molecule has 4 rings (SSSR count). The lowest BCUT2D eigenvalue weighted by Gasteiger charge is -2.36. The first kappa shape index (κ1) is 28.6. The largest absolute Gasteiger partial charge is 0.416 e. The molecule has 0 spiro atoms. The lowest BCUT2D eigenvalue weighted by molar-refractivity contribution is -0.137. The molecule has 2 fully saturated rings. The molecule has 210 valence electrons. The van der Waals surface area contributed by atoms with E-state index in [1.54, 1.807) is 0 Å². The number of alkyl halides is 3. The van der Waals surface area contributed by atoms with Crippen LogP contribution in [0.15, 0.2) is 48.5 Å². The van der Waals surface area contributed by atoms with Gasteiger partial charge in [-0.05, 0) is 50.1 Å². The van der Waals surface area contributed by atoms with Crippen LogP contribution < -0.4 is 10.6 Å². The highest BCUT2D eigenvalue weighted by molar-refractivity contribution is 5.96. The van der Waals surface area contributed by atoms with E-state index in [4.69, 9.17) is 0 Å². The van der Waals surface area contributed by atoms with Crippen molar-refractivity contribution in [1.82, 2.24) is 25.3 Å². The van der Waals surface area contributed by atoms with E-state index >= 15 is 0 Å². The van der Waals surface area contributed by atoms with E-state index in [0.29, 0.717) is 18.7 Å². The van der Waals surface area contributed by atoms with Crippen molar-refractivity contribution in [3.63, 3.8) is 0 Å². The quantitative estimate of drug-likeness (QED) is 0.533. The molecule has 0 saturated carbocycles. The van der Waals surface area contributed by atoms with Crippen molar-refractivity contribution in [1.29, 1.82) is 0 Å². The van der Waals surface area contributed by atoms with Gasteiger partial charge in [0.2, 0.25) is 5.91 Å². The molecule has 2 aromatic rings. The number of carbonyl (C=O) groups excluding carboxylic acids is 3. The second-order valence-corrected chi connectivity index (χ2v) is 10.0. The molecule has 0 aliphatic carbocycles. The number of rotatable bonds is 8. The van der Waals surface area contributed by atoms with E-state index in [9.17, 15) is 27.6 Å². The standard InChI is InChI=1S/C28H34F3N5O3/c1-20-5-2-7-22(17-20)27(39)36-15-12-34(13-16-36)11-14-35-10-4-9-24(35)33-25(37)19-32-26(38)21-6-3-8-23(18-21)28(29,30)31/h2-3,5-8,17-18,24H,4,9-16,19H2,1H3,(H,32,38)(H,33,37). The van der Waals surface area contributed by atoms with Gasteiger partial charge < -0.3 is 15.5 Å². The molecule has 1 unspecified atom stereocenters. The monoisotopic (exact) mass is 545 g/mol. The summed E-state index contributed by atoms with van der Waals surface area (Å²) < 4.78 is 38.7. The molecule has 39 heavy (non-hydrogen) atoms. The SMILES string of the molecule is Cc1cccc(C(=O)N2CCN(CCN3CCCC3NC(=O)CNC(=O)c3cccc(C(F)(F)F)c3)CC2)c1. The summed E-state index contributed by atoms with van der Waals surface area (Å²) in [5.41, 5.74) is 0.705. The Morgan fingerprint density at radius 2 is 1.64 bits per heavy atom. The van der Waals surface area contributed by atoms with Crippen LogP contribution in [-0.4, -0.2) is 90.9 Å². The summed E-state index contributed by atoms with van der Waals surface area (Å²) >= 11 is 0. The predicted octanol–water partition coefficient (Wildman–Crippen LogP) is 2.74. The highest BCUT2D eigenvalue weighted by Crippen LogP contribution is 2.29. The number of hydrogen-bond acceptors (Lipinski definition) is 5. The molecule has 0 radical (unpaired) electrons. The Morgan fingerprint density at radius 1 is 0.923 bits per heavy atom. The minimum Gasteiger partial charge on any atom is -0.343 e. The van der Waals surface area contributed by atoms with Crippen molar-refractivity contribution in [3.05, 3.63) is 70.8 Å². The number of nitrogens with one attached hydrogen (secondary N) is 2. The summed E-state index contributed by atoms with van der Waals surface area (Å²) in [6.45, 7) is 6.95. The number of piperazine rings is 1. The average Bonchev–Trinajstić information content (AvgIpc) is 3.36. The van der Waals surface area contributed by atoms with Crippen LogP contribution >= 0.6 is 0 Å². The molecule has 3 amide bonds. The molecular formula is C28H34F3N5O3. The van der Waals surface area contributed by atoms with Crippen LogP contribution in [0.3, 0.4) is 0 Å². The Labute approximate surface area is 226 Å². The van der Waals surface area contributed by atoms with Crippen molar-refractivity contribution in [2.45, 2.75) is 32.1 Å². The maximum Gasteiger partial charge on any atom is 0.416 e. The first-order valence-electron chi connectivity index (χ1n) is 13.2. The fourth-order valence-corrected chi connectivity index (χ4v) is 5.00. The second-order valence-electron chi connectivity index (χ2n) is 10.0. The highest BCUT2D eigenvalue weighted by Gasteiger charge is 2.31. The summed E-state index contributed by atoms with van der Waals surface area (Å²) in [6.07, 6.45) is -3.00. The lowest BCUT2D eigenvalue weighted by Crippen LogP contribution is -2.52. The zero-order valence-corrected chi connectivity index (χ0v) is 22.0. The van der Waals surface area contributed by atoms with Gasteiger partial charge in [0.1, 0.15) is 0 Å². The first-order chi connectivity index (χ1) is 18.6. The second kappa shape index (κ2) is 12.6. The van der Waals surface area contributed by atoms with Crippen molar-refractivity contribution in [2.24, 2.45) is 0 Å². The van der Waals surface area contributed by atoms with Crippen LogP contribution in [0.1, 0.15) is 44.7 Å². The maximum atomic E-state index is 12.9. The van der Waals surface area contributed by atoms with Crippen molar-refractivity contribution in [3.8, 4) is 0 Å². The topological polar surface area (TPSA) is 85.0 Å². The third-order valence-corrected chi connectivity index (χ3v) is 7.18. The molecule has 2 saturated heterocycles.